The van der Waals surface area contributed by atoms with Crippen LogP contribution in [0.15, 0.2) is 30.5 Å². The fourth-order valence-electron chi connectivity index (χ4n) is 2.58. The van der Waals surface area contributed by atoms with Crippen molar-refractivity contribution in [3.63, 3.8) is 0 Å². The van der Waals surface area contributed by atoms with E-state index in [9.17, 15) is 0 Å². The summed E-state index contributed by atoms with van der Waals surface area (Å²) in [5.41, 5.74) is 12.0. The summed E-state index contributed by atoms with van der Waals surface area (Å²) < 4.78 is 1.91. The third-order valence-electron chi connectivity index (χ3n) is 3.88. The summed E-state index contributed by atoms with van der Waals surface area (Å²) in [6.45, 7) is 4.87. The lowest BCUT2D eigenvalue weighted by atomic mass is 10.1. The van der Waals surface area contributed by atoms with E-state index in [2.05, 4.69) is 22.3 Å². The first-order chi connectivity index (χ1) is 10.1. The molecule has 0 saturated carbocycles. The summed E-state index contributed by atoms with van der Waals surface area (Å²) in [5.74, 6) is 0. The van der Waals surface area contributed by atoms with Crippen LogP contribution in [0.2, 0.25) is 0 Å². The predicted octanol–water partition coefficient (Wildman–Crippen LogP) is 2.78. The van der Waals surface area contributed by atoms with Crippen molar-refractivity contribution in [3.8, 4) is 0 Å². The van der Waals surface area contributed by atoms with Gasteiger partial charge in [-0.2, -0.15) is 5.10 Å². The third kappa shape index (κ3) is 2.42. The number of fused-ring (bicyclic) bond motifs is 1. The number of hydrogen-bond donors (Lipinski definition) is 2. The van der Waals surface area contributed by atoms with Gasteiger partial charge in [0, 0.05) is 47.8 Å². The van der Waals surface area contributed by atoms with Gasteiger partial charge in [-0.1, -0.05) is 0 Å². The first-order valence-corrected chi connectivity index (χ1v) is 6.93. The Bertz CT molecular complexity index is 804. The van der Waals surface area contributed by atoms with Gasteiger partial charge in [0.15, 0.2) is 0 Å². The first kappa shape index (κ1) is 13.4. The molecule has 0 bridgehead atoms. The zero-order chi connectivity index (χ0) is 15.0. The number of anilines is 2. The standard InChI is InChI=1S/C16H19N5/c1-10-14(11(2)21(3)20-10)9-19-15-6-7-18-16-8-12(17)4-5-13(15)16/h4-8H,9,17H2,1-3H3,(H,18,19). The lowest BCUT2D eigenvalue weighted by molar-refractivity contribution is 0.730. The first-order valence-electron chi connectivity index (χ1n) is 6.93. The van der Waals surface area contributed by atoms with Gasteiger partial charge in [-0.3, -0.25) is 9.67 Å². The molecule has 0 aliphatic heterocycles. The highest BCUT2D eigenvalue weighted by molar-refractivity contribution is 5.92. The Morgan fingerprint density at radius 2 is 2.05 bits per heavy atom. The highest BCUT2D eigenvalue weighted by atomic mass is 15.3. The molecule has 0 radical (unpaired) electrons. The number of benzene rings is 1. The lowest BCUT2D eigenvalue weighted by Crippen LogP contribution is -2.03. The zero-order valence-electron chi connectivity index (χ0n) is 12.5. The van der Waals surface area contributed by atoms with Gasteiger partial charge < -0.3 is 11.1 Å². The number of pyridine rings is 1. The normalized spacial score (nSPS) is 11.0. The molecule has 0 aliphatic carbocycles. The van der Waals surface area contributed by atoms with Gasteiger partial charge in [0.05, 0.1) is 11.2 Å². The Morgan fingerprint density at radius 3 is 2.76 bits per heavy atom. The number of nitrogens with one attached hydrogen (secondary N) is 1. The van der Waals surface area contributed by atoms with Crippen LogP contribution in [-0.4, -0.2) is 14.8 Å². The molecule has 0 saturated heterocycles. The largest absolute Gasteiger partial charge is 0.399 e. The number of aryl methyl sites for hydroxylation is 2. The molecule has 0 atom stereocenters. The van der Waals surface area contributed by atoms with Gasteiger partial charge in [-0.15, -0.1) is 0 Å². The Morgan fingerprint density at radius 1 is 1.24 bits per heavy atom. The minimum atomic E-state index is 0.728. The van der Waals surface area contributed by atoms with Gasteiger partial charge in [-0.25, -0.2) is 0 Å². The molecule has 0 fully saturated rings. The van der Waals surface area contributed by atoms with Crippen LogP contribution in [0, 0.1) is 13.8 Å². The molecule has 0 unspecified atom stereocenters. The van der Waals surface area contributed by atoms with Crippen molar-refractivity contribution in [2.24, 2.45) is 7.05 Å². The van der Waals surface area contributed by atoms with Crippen LogP contribution in [-0.2, 0) is 13.6 Å². The smallest absolute Gasteiger partial charge is 0.0743 e. The maximum atomic E-state index is 5.81. The fraction of sp³-hybridized carbons (Fsp3) is 0.250. The zero-order valence-corrected chi connectivity index (χ0v) is 12.5. The van der Waals surface area contributed by atoms with E-state index in [-0.39, 0.29) is 0 Å². The summed E-state index contributed by atoms with van der Waals surface area (Å²) in [7, 11) is 1.97. The summed E-state index contributed by atoms with van der Waals surface area (Å²) in [4.78, 5) is 4.36. The molecule has 0 aliphatic rings. The van der Waals surface area contributed by atoms with Crippen LogP contribution in [0.5, 0.6) is 0 Å². The van der Waals surface area contributed by atoms with E-state index in [0.29, 0.717) is 0 Å². The van der Waals surface area contributed by atoms with E-state index >= 15 is 0 Å². The molecule has 108 valence electrons. The second-order valence-corrected chi connectivity index (χ2v) is 5.26. The number of nitrogens with two attached hydrogens (primary N) is 1. The van der Waals surface area contributed by atoms with E-state index < -0.39 is 0 Å². The van der Waals surface area contributed by atoms with Crippen molar-refractivity contribution in [1.29, 1.82) is 0 Å². The second-order valence-electron chi connectivity index (χ2n) is 5.26. The molecule has 0 amide bonds. The molecule has 21 heavy (non-hydrogen) atoms. The topological polar surface area (TPSA) is 68.8 Å². The second kappa shape index (κ2) is 5.09. The van der Waals surface area contributed by atoms with Crippen LogP contribution < -0.4 is 11.1 Å². The Labute approximate surface area is 123 Å². The van der Waals surface area contributed by atoms with Gasteiger partial charge in [-0.05, 0) is 38.1 Å². The number of aromatic nitrogens is 3. The average molecular weight is 281 g/mol. The van der Waals surface area contributed by atoms with Crippen molar-refractivity contribution in [3.05, 3.63) is 47.4 Å². The summed E-state index contributed by atoms with van der Waals surface area (Å²) in [5, 5.41) is 9.00. The van der Waals surface area contributed by atoms with Gasteiger partial charge in [0.2, 0.25) is 0 Å². The molecular weight excluding hydrogens is 262 g/mol. The van der Waals surface area contributed by atoms with Crippen LogP contribution in [0.3, 0.4) is 0 Å². The van der Waals surface area contributed by atoms with E-state index in [1.807, 2.05) is 42.9 Å². The van der Waals surface area contributed by atoms with Crippen molar-refractivity contribution in [2.75, 3.05) is 11.1 Å². The van der Waals surface area contributed by atoms with Crippen molar-refractivity contribution in [1.82, 2.24) is 14.8 Å². The number of hydrogen-bond acceptors (Lipinski definition) is 4. The number of nitrogens with zero attached hydrogens (tertiary/aromatic N) is 3. The monoisotopic (exact) mass is 281 g/mol. The van der Waals surface area contributed by atoms with E-state index in [0.717, 1.165) is 34.5 Å². The highest BCUT2D eigenvalue weighted by Crippen LogP contribution is 2.24. The molecule has 2 heterocycles. The minimum Gasteiger partial charge on any atom is -0.399 e. The van der Waals surface area contributed by atoms with Crippen molar-refractivity contribution >= 4 is 22.3 Å². The van der Waals surface area contributed by atoms with Gasteiger partial charge >= 0.3 is 0 Å². The average Bonchev–Trinajstić information content (AvgIpc) is 2.70. The molecule has 5 heteroatoms. The SMILES string of the molecule is Cc1nn(C)c(C)c1CNc1ccnc2cc(N)ccc12. The Kier molecular flexibility index (Phi) is 3.25. The molecule has 3 aromatic rings. The van der Waals surface area contributed by atoms with Crippen LogP contribution in [0.1, 0.15) is 17.0 Å². The van der Waals surface area contributed by atoms with Crippen LogP contribution >= 0.6 is 0 Å². The fourth-order valence-corrected chi connectivity index (χ4v) is 2.58. The van der Waals surface area contributed by atoms with Crippen LogP contribution in [0.25, 0.3) is 10.9 Å². The van der Waals surface area contributed by atoms with E-state index in [1.165, 1.54) is 11.3 Å². The Balaban J connectivity index is 1.92. The molecule has 3 N–H and O–H groups in total. The van der Waals surface area contributed by atoms with Crippen LogP contribution in [0.4, 0.5) is 11.4 Å². The molecule has 1 aromatic carbocycles. The summed E-state index contributed by atoms with van der Waals surface area (Å²) in [6, 6.07) is 7.78. The maximum absolute atomic E-state index is 5.81. The maximum Gasteiger partial charge on any atom is 0.0743 e. The van der Waals surface area contributed by atoms with Gasteiger partial charge in [0.1, 0.15) is 0 Å². The molecule has 3 rings (SSSR count). The molecular formula is C16H19N5. The van der Waals surface area contributed by atoms with Crippen molar-refractivity contribution < 1.29 is 0 Å². The van der Waals surface area contributed by atoms with Crippen molar-refractivity contribution in [2.45, 2.75) is 20.4 Å². The third-order valence-corrected chi connectivity index (χ3v) is 3.88. The van der Waals surface area contributed by atoms with Gasteiger partial charge in [0.25, 0.3) is 0 Å². The molecule has 2 aromatic heterocycles. The Hall–Kier alpha value is -2.56. The highest BCUT2D eigenvalue weighted by Gasteiger charge is 2.09. The summed E-state index contributed by atoms with van der Waals surface area (Å²) >= 11 is 0. The predicted molar refractivity (Wildman–Crippen MR) is 86.2 cm³/mol. The lowest BCUT2D eigenvalue weighted by Gasteiger charge is -2.10. The van der Waals surface area contributed by atoms with E-state index in [1.54, 1.807) is 6.20 Å². The summed E-state index contributed by atoms with van der Waals surface area (Å²) in [6.07, 6.45) is 1.80. The molecule has 5 nitrogen and oxygen atoms in total. The number of rotatable bonds is 3. The number of nitrogen functional groups attached to an aromatic ring is 1. The quantitative estimate of drug-likeness (QED) is 0.724. The van der Waals surface area contributed by atoms with E-state index in [4.69, 9.17) is 5.73 Å². The molecule has 0 spiro atoms. The minimum absolute atomic E-state index is 0.728.